The number of halogens is 1. The molecule has 1 aliphatic heterocycles. The van der Waals surface area contributed by atoms with Gasteiger partial charge in [0.1, 0.15) is 5.82 Å². The number of nitrogens with one attached hydrogen (secondary N) is 1. The highest BCUT2D eigenvalue weighted by molar-refractivity contribution is 7.97. The first-order chi connectivity index (χ1) is 14.2. The van der Waals surface area contributed by atoms with E-state index >= 15 is 0 Å². The van der Waals surface area contributed by atoms with Crippen LogP contribution >= 0.6 is 23.4 Å². The largest absolute Gasteiger partial charge is 0.322 e. The molecule has 0 saturated heterocycles. The zero-order valence-corrected chi connectivity index (χ0v) is 17.9. The van der Waals surface area contributed by atoms with Crippen LogP contribution in [0.15, 0.2) is 42.5 Å². The molecule has 1 aliphatic rings. The Hall–Kier alpha value is -2.31. The number of anilines is 1. The van der Waals surface area contributed by atoms with E-state index in [4.69, 9.17) is 11.6 Å². The summed E-state index contributed by atoms with van der Waals surface area (Å²) in [7, 11) is 0. The topological polar surface area (TPSA) is 59.8 Å². The average Bonchev–Trinajstić information content (AvgIpc) is 2.98. The maximum atomic E-state index is 12.7. The van der Waals surface area contributed by atoms with E-state index in [1.807, 2.05) is 36.4 Å². The first-order valence-electron chi connectivity index (χ1n) is 9.77. The van der Waals surface area contributed by atoms with Gasteiger partial charge in [0.15, 0.2) is 5.82 Å². The quantitative estimate of drug-likeness (QED) is 0.590. The van der Waals surface area contributed by atoms with Crippen molar-refractivity contribution in [3.05, 3.63) is 64.4 Å². The number of hydrogen-bond donors (Lipinski definition) is 1. The lowest BCUT2D eigenvalue weighted by Gasteiger charge is -2.11. The van der Waals surface area contributed by atoms with E-state index in [0.717, 1.165) is 48.8 Å². The number of carbonyl (C=O) groups excluding carboxylic acids is 1. The molecule has 0 aliphatic carbocycles. The van der Waals surface area contributed by atoms with Gasteiger partial charge in [0.05, 0.1) is 5.02 Å². The van der Waals surface area contributed by atoms with Gasteiger partial charge in [-0.25, -0.2) is 0 Å². The number of benzene rings is 2. The zero-order valence-electron chi connectivity index (χ0n) is 16.3. The van der Waals surface area contributed by atoms with Crippen LogP contribution in [-0.4, -0.2) is 26.9 Å². The SMILES string of the molecule is CSCc1ccc(C(=O)Nc2ccc(Cl)c(-c3nnc4n3CCCCC4)c2)cc1. The standard InChI is InChI=1S/C22H23ClN4OS/c1-29-14-15-6-8-16(9-7-15)22(28)24-17-10-11-19(23)18(13-17)21-26-25-20-5-3-2-4-12-27(20)21/h6-11,13H,2-5,12,14H2,1H3,(H,24,28). The highest BCUT2D eigenvalue weighted by Crippen LogP contribution is 2.31. The molecule has 0 unspecified atom stereocenters. The van der Waals surface area contributed by atoms with Crippen molar-refractivity contribution in [2.24, 2.45) is 0 Å². The fourth-order valence-corrected chi connectivity index (χ4v) is 4.31. The van der Waals surface area contributed by atoms with Gasteiger partial charge in [-0.15, -0.1) is 10.2 Å². The average molecular weight is 427 g/mol. The summed E-state index contributed by atoms with van der Waals surface area (Å²) in [6.07, 6.45) is 6.44. The summed E-state index contributed by atoms with van der Waals surface area (Å²) in [4.78, 5) is 12.7. The first kappa shape index (κ1) is 20.0. The number of fused-ring (bicyclic) bond motifs is 1. The number of carbonyl (C=O) groups is 1. The van der Waals surface area contributed by atoms with Crippen LogP contribution in [0.25, 0.3) is 11.4 Å². The highest BCUT2D eigenvalue weighted by atomic mass is 35.5. The van der Waals surface area contributed by atoms with Crippen molar-refractivity contribution in [1.29, 1.82) is 0 Å². The molecule has 0 radical (unpaired) electrons. The molecule has 2 heterocycles. The van der Waals surface area contributed by atoms with Gasteiger partial charge in [-0.1, -0.05) is 30.2 Å². The molecule has 4 rings (SSSR count). The van der Waals surface area contributed by atoms with Crippen LogP contribution < -0.4 is 5.32 Å². The predicted molar refractivity (Wildman–Crippen MR) is 120 cm³/mol. The van der Waals surface area contributed by atoms with Crippen molar-refractivity contribution < 1.29 is 4.79 Å². The minimum absolute atomic E-state index is 0.144. The fourth-order valence-electron chi connectivity index (χ4n) is 3.58. The minimum atomic E-state index is -0.144. The molecule has 0 atom stereocenters. The second-order valence-electron chi connectivity index (χ2n) is 7.18. The van der Waals surface area contributed by atoms with Crippen molar-refractivity contribution in [3.63, 3.8) is 0 Å². The molecular weight excluding hydrogens is 404 g/mol. The number of hydrogen-bond acceptors (Lipinski definition) is 4. The molecule has 7 heteroatoms. The molecule has 1 aromatic heterocycles. The number of nitrogens with zero attached hydrogens (tertiary/aromatic N) is 3. The van der Waals surface area contributed by atoms with Gasteiger partial charge < -0.3 is 9.88 Å². The molecule has 1 amide bonds. The van der Waals surface area contributed by atoms with Crippen LogP contribution in [0.4, 0.5) is 5.69 Å². The number of aryl methyl sites for hydroxylation is 1. The summed E-state index contributed by atoms with van der Waals surface area (Å²) in [5, 5.41) is 12.3. The van der Waals surface area contributed by atoms with Gasteiger partial charge in [0.25, 0.3) is 5.91 Å². The number of amides is 1. The Morgan fingerprint density at radius 3 is 2.76 bits per heavy atom. The number of aromatic nitrogens is 3. The van der Waals surface area contributed by atoms with E-state index < -0.39 is 0 Å². The Kier molecular flexibility index (Phi) is 6.21. The Balaban J connectivity index is 1.57. The van der Waals surface area contributed by atoms with Gasteiger partial charge in [0.2, 0.25) is 0 Å². The zero-order chi connectivity index (χ0) is 20.2. The van der Waals surface area contributed by atoms with Crippen LogP contribution in [0, 0.1) is 0 Å². The highest BCUT2D eigenvalue weighted by Gasteiger charge is 2.18. The summed E-state index contributed by atoms with van der Waals surface area (Å²) in [6.45, 7) is 0.896. The van der Waals surface area contributed by atoms with E-state index in [2.05, 4.69) is 26.3 Å². The molecule has 0 fully saturated rings. The lowest BCUT2D eigenvalue weighted by Crippen LogP contribution is -2.12. The van der Waals surface area contributed by atoms with Crippen molar-refractivity contribution >= 4 is 35.0 Å². The molecule has 2 aromatic carbocycles. The summed E-state index contributed by atoms with van der Waals surface area (Å²) in [6, 6.07) is 13.2. The third-order valence-electron chi connectivity index (χ3n) is 5.10. The maximum Gasteiger partial charge on any atom is 0.255 e. The number of thioether (sulfide) groups is 1. The van der Waals surface area contributed by atoms with E-state index in [1.54, 1.807) is 17.8 Å². The summed E-state index contributed by atoms with van der Waals surface area (Å²) in [5.41, 5.74) is 3.31. The van der Waals surface area contributed by atoms with Crippen molar-refractivity contribution in [3.8, 4) is 11.4 Å². The molecular formula is C22H23ClN4OS. The van der Waals surface area contributed by atoms with Crippen LogP contribution in [0.1, 0.15) is 41.0 Å². The normalized spacial score (nSPS) is 13.6. The molecule has 0 saturated carbocycles. The van der Waals surface area contributed by atoms with E-state index in [9.17, 15) is 4.79 Å². The van der Waals surface area contributed by atoms with Crippen LogP contribution in [0.2, 0.25) is 5.02 Å². The van der Waals surface area contributed by atoms with Gasteiger partial charge in [-0.3, -0.25) is 4.79 Å². The first-order valence-corrected chi connectivity index (χ1v) is 11.5. The van der Waals surface area contributed by atoms with Gasteiger partial charge in [-0.2, -0.15) is 11.8 Å². The Bertz CT molecular complexity index is 1020. The van der Waals surface area contributed by atoms with Crippen molar-refractivity contribution in [2.75, 3.05) is 11.6 Å². The number of rotatable bonds is 5. The molecule has 1 N–H and O–H groups in total. The fraction of sp³-hybridized carbons (Fsp3) is 0.318. The van der Waals surface area contributed by atoms with Gasteiger partial charge in [0, 0.05) is 35.5 Å². The summed E-state index contributed by atoms with van der Waals surface area (Å²) >= 11 is 8.23. The third kappa shape index (κ3) is 4.49. The summed E-state index contributed by atoms with van der Waals surface area (Å²) < 4.78 is 2.16. The molecule has 150 valence electrons. The second-order valence-corrected chi connectivity index (χ2v) is 8.45. The van der Waals surface area contributed by atoms with Crippen LogP contribution in [0.3, 0.4) is 0 Å². The molecule has 3 aromatic rings. The van der Waals surface area contributed by atoms with Crippen molar-refractivity contribution in [2.45, 2.75) is 38.0 Å². The minimum Gasteiger partial charge on any atom is -0.322 e. The molecule has 0 bridgehead atoms. The van der Waals surface area contributed by atoms with E-state index in [1.165, 1.54) is 12.0 Å². The Morgan fingerprint density at radius 2 is 1.97 bits per heavy atom. The lowest BCUT2D eigenvalue weighted by atomic mass is 10.1. The molecule has 5 nitrogen and oxygen atoms in total. The van der Waals surface area contributed by atoms with E-state index in [-0.39, 0.29) is 5.91 Å². The van der Waals surface area contributed by atoms with Gasteiger partial charge >= 0.3 is 0 Å². The summed E-state index contributed by atoms with van der Waals surface area (Å²) in [5.74, 6) is 2.57. The molecule has 0 spiro atoms. The Morgan fingerprint density at radius 1 is 1.14 bits per heavy atom. The van der Waals surface area contributed by atoms with Crippen LogP contribution in [0.5, 0.6) is 0 Å². The second kappa shape index (κ2) is 9.01. The van der Waals surface area contributed by atoms with Gasteiger partial charge in [-0.05, 0) is 55.0 Å². The lowest BCUT2D eigenvalue weighted by molar-refractivity contribution is 0.102. The monoisotopic (exact) mass is 426 g/mol. The molecule has 29 heavy (non-hydrogen) atoms. The van der Waals surface area contributed by atoms with Crippen LogP contribution in [-0.2, 0) is 18.7 Å². The maximum absolute atomic E-state index is 12.7. The third-order valence-corrected chi connectivity index (χ3v) is 6.05. The predicted octanol–water partition coefficient (Wildman–Crippen LogP) is 5.44. The van der Waals surface area contributed by atoms with E-state index in [0.29, 0.717) is 16.3 Å². The van der Waals surface area contributed by atoms with Crippen molar-refractivity contribution in [1.82, 2.24) is 14.8 Å². The smallest absolute Gasteiger partial charge is 0.255 e. The Labute approximate surface area is 179 Å².